The Bertz CT molecular complexity index is 4350. The summed E-state index contributed by atoms with van der Waals surface area (Å²) in [5.41, 5.74) is -4.98. The van der Waals surface area contributed by atoms with E-state index in [0.717, 1.165) is 0 Å². The highest BCUT2D eigenvalue weighted by Crippen LogP contribution is 2.45. The van der Waals surface area contributed by atoms with Gasteiger partial charge in [-0.1, -0.05) is 151 Å². The van der Waals surface area contributed by atoms with Crippen molar-refractivity contribution < 1.29 is 42.8 Å². The molecule has 0 atom stereocenters. The third kappa shape index (κ3) is 4.25. The lowest BCUT2D eigenvalue weighted by molar-refractivity contribution is 0.672. The summed E-state index contributed by atoms with van der Waals surface area (Å²) in [6, 6.07) is -23.7. The van der Waals surface area contributed by atoms with Crippen LogP contribution in [0.4, 0.5) is 0 Å². The lowest BCUT2D eigenvalue weighted by Crippen LogP contribution is -1.92. The molecule has 0 unspecified atom stereocenters. The van der Waals surface area contributed by atoms with E-state index >= 15 is 0 Å². The largest absolute Gasteiger partial charge is 0.455 e. The number of rotatable bonds is 4. The van der Waals surface area contributed by atoms with Crippen molar-refractivity contribution in [3.8, 4) is 22.3 Å². The molecule has 48 heavy (non-hydrogen) atoms. The van der Waals surface area contributed by atoms with Crippen LogP contribution in [0, 0.1) is 0 Å². The van der Waals surface area contributed by atoms with Gasteiger partial charge in [-0.3, -0.25) is 0 Å². The molecular weight excluding hydrogens is 581 g/mol. The monoisotopic (exact) mass is 638 g/mol. The molecule has 0 bridgehead atoms. The summed E-state index contributed by atoms with van der Waals surface area (Å²) < 4.78 is 257. The Kier molecular flexibility index (Phi) is 2.50. The van der Waals surface area contributed by atoms with E-state index in [4.69, 9.17) is 27.7 Å². The van der Waals surface area contributed by atoms with E-state index in [1.54, 1.807) is 0 Å². The van der Waals surface area contributed by atoms with E-state index in [1.165, 1.54) is 0 Å². The molecule has 0 aliphatic rings. The zero-order valence-electron chi connectivity index (χ0n) is 52.1. The third-order valence-corrected chi connectivity index (χ3v) is 7.89. The first-order valence-electron chi connectivity index (χ1n) is 28.4. The highest BCUT2D eigenvalue weighted by atomic mass is 16.3. The molecule has 0 aliphatic heterocycles. The van der Waals surface area contributed by atoms with Gasteiger partial charge in [0.2, 0.25) is 0 Å². The van der Waals surface area contributed by atoms with Crippen LogP contribution in [-0.4, -0.2) is 0 Å². The first kappa shape index (κ1) is 11.2. The fourth-order valence-electron chi connectivity index (χ4n) is 5.80. The first-order valence-corrected chi connectivity index (χ1v) is 14.4. The normalized spacial score (nSPS) is 20.0. The second-order valence-electron chi connectivity index (χ2n) is 10.6. The van der Waals surface area contributed by atoms with Crippen LogP contribution in [-0.2, 0) is 6.42 Å². The molecule has 1 heterocycles. The van der Waals surface area contributed by atoms with Gasteiger partial charge in [-0.2, -0.15) is 0 Å². The molecule has 0 N–H and O–H groups in total. The van der Waals surface area contributed by atoms with Gasteiger partial charge in [0.05, 0.1) is 38.4 Å². The molecule has 0 radical (unpaired) electrons. The maximum Gasteiger partial charge on any atom is 0.143 e. The Morgan fingerprint density at radius 1 is 0.375 bits per heavy atom. The van der Waals surface area contributed by atoms with Crippen LogP contribution < -0.4 is 0 Å². The second kappa shape index (κ2) is 10.7. The molecule has 1 aromatic heterocycles. The molecule has 0 aliphatic carbocycles. The Morgan fingerprint density at radius 2 is 0.917 bits per heavy atom. The molecule has 224 valence electrons. The second-order valence-corrected chi connectivity index (χ2v) is 10.6. The standard InChI is InChI=1S/C47H30O/c1-2-11-35-28-31(19-20-32(35)9-1)27-30-17-21-34(22-18-30)45-38-13-5-7-15-40(38)46(41-16-8-6-14-39(41)45)36-24-26-44-43(29-36)42-25-23-33-10-3-4-12-37(33)47(42)48-44/h1-26,28-29H,27H2/i1D,2D,3D,4D,5D,6D,7D,8D,9D,10D,11D,12D,13D,14D,15D,16D,17D,18D,19D,20D,21D,22D,23D,24D,25D,26D,28D,29D. The Balaban J connectivity index is 1.38. The van der Waals surface area contributed by atoms with E-state index in [9.17, 15) is 15.1 Å². The van der Waals surface area contributed by atoms with Crippen molar-refractivity contribution in [3.05, 3.63) is 180 Å². The SMILES string of the molecule is [2H]c1c([2H])c(-c2c3c([2H])c([2H])c([2H])c([2H])c3c(-c3c([2H])c([2H])c4oc5c6c([2H])c([2H])c([2H])c([2H])c6c([2H])c([2H])c5c4c3[2H])c3c([2H])c([2H])c([2H])c([2H])c23)c([2H])c([2H])c1Cc1c([2H])c([2H])c2c([2H])c([2H])c([2H])c([2H])c2c1[2H]. The predicted molar refractivity (Wildman–Crippen MR) is 204 cm³/mol. The van der Waals surface area contributed by atoms with Gasteiger partial charge < -0.3 is 4.42 Å². The molecule has 0 fully saturated rings. The van der Waals surface area contributed by atoms with Gasteiger partial charge in [-0.25, -0.2) is 0 Å². The number of benzene rings is 9. The minimum atomic E-state index is -0.987. The highest BCUT2D eigenvalue weighted by molar-refractivity contribution is 6.22. The minimum Gasteiger partial charge on any atom is -0.455 e. The van der Waals surface area contributed by atoms with E-state index in [-0.39, 0.29) is 0 Å². The van der Waals surface area contributed by atoms with Crippen LogP contribution in [0.5, 0.6) is 0 Å². The molecule has 10 rings (SSSR count). The van der Waals surface area contributed by atoms with Crippen molar-refractivity contribution in [2.24, 2.45) is 0 Å². The summed E-state index contributed by atoms with van der Waals surface area (Å²) in [4.78, 5) is 0. The maximum absolute atomic E-state index is 9.81. The average molecular weight is 639 g/mol. The van der Waals surface area contributed by atoms with Crippen LogP contribution in [0.3, 0.4) is 0 Å². The lowest BCUT2D eigenvalue weighted by Gasteiger charge is -2.18. The van der Waals surface area contributed by atoms with Crippen LogP contribution in [0.1, 0.15) is 49.5 Å². The smallest absolute Gasteiger partial charge is 0.143 e. The highest BCUT2D eigenvalue weighted by Gasteiger charge is 2.18. The summed E-state index contributed by atoms with van der Waals surface area (Å²) in [6.45, 7) is 0. The van der Waals surface area contributed by atoms with Crippen molar-refractivity contribution in [2.45, 2.75) is 6.42 Å². The number of furan rings is 1. The molecule has 1 heteroatoms. The van der Waals surface area contributed by atoms with Crippen LogP contribution in [0.15, 0.2) is 174 Å². The van der Waals surface area contributed by atoms with Gasteiger partial charge in [0.15, 0.2) is 0 Å². The maximum atomic E-state index is 9.81. The van der Waals surface area contributed by atoms with E-state index in [0.29, 0.717) is 0 Å². The number of hydrogen-bond acceptors (Lipinski definition) is 1. The Hall–Kier alpha value is -6.18. The van der Waals surface area contributed by atoms with Crippen molar-refractivity contribution in [2.75, 3.05) is 0 Å². The fourth-order valence-corrected chi connectivity index (χ4v) is 5.80. The van der Waals surface area contributed by atoms with Crippen LogP contribution in [0.25, 0.3) is 87.3 Å². The minimum absolute atomic E-state index is 0.408. The molecule has 0 amide bonds. The summed E-state index contributed by atoms with van der Waals surface area (Å²) in [7, 11) is 0. The van der Waals surface area contributed by atoms with E-state index < -0.39 is 274 Å². The zero-order valence-corrected chi connectivity index (χ0v) is 24.1. The van der Waals surface area contributed by atoms with Crippen LogP contribution in [0.2, 0.25) is 0 Å². The van der Waals surface area contributed by atoms with Crippen molar-refractivity contribution in [3.63, 3.8) is 0 Å². The summed E-state index contributed by atoms with van der Waals surface area (Å²) in [6.07, 6.45) is -0.808. The van der Waals surface area contributed by atoms with Gasteiger partial charge in [0, 0.05) is 16.2 Å². The Labute approximate surface area is 317 Å². The quantitative estimate of drug-likeness (QED) is 0.175. The van der Waals surface area contributed by atoms with Crippen LogP contribution >= 0.6 is 0 Å². The molecule has 1 nitrogen and oxygen atoms in total. The van der Waals surface area contributed by atoms with Gasteiger partial charge in [-0.15, -0.1) is 0 Å². The van der Waals surface area contributed by atoms with Crippen molar-refractivity contribution >= 4 is 65.0 Å². The van der Waals surface area contributed by atoms with Gasteiger partial charge in [0.1, 0.15) is 11.2 Å². The van der Waals surface area contributed by atoms with E-state index in [2.05, 4.69) is 0 Å². The molecule has 9 aromatic carbocycles. The zero-order chi connectivity index (χ0) is 56.0. The first-order chi connectivity index (χ1) is 35.5. The van der Waals surface area contributed by atoms with Crippen molar-refractivity contribution in [1.82, 2.24) is 0 Å². The van der Waals surface area contributed by atoms with Crippen molar-refractivity contribution in [1.29, 1.82) is 0 Å². The van der Waals surface area contributed by atoms with Gasteiger partial charge in [-0.05, 0) is 95.6 Å². The summed E-state index contributed by atoms with van der Waals surface area (Å²) in [5, 5.41) is -5.54. The molecule has 0 saturated heterocycles. The molecular formula is C47H30O. The summed E-state index contributed by atoms with van der Waals surface area (Å²) in [5.74, 6) is 0. The van der Waals surface area contributed by atoms with E-state index in [1.807, 2.05) is 0 Å². The predicted octanol–water partition coefficient (Wildman–Crippen LogP) is 13.1. The van der Waals surface area contributed by atoms with Gasteiger partial charge >= 0.3 is 0 Å². The van der Waals surface area contributed by atoms with Gasteiger partial charge in [0.25, 0.3) is 0 Å². The molecule has 0 saturated carbocycles. The molecule has 0 spiro atoms. The number of fused-ring (bicyclic) bond motifs is 8. The lowest BCUT2D eigenvalue weighted by atomic mass is 9.85. The topological polar surface area (TPSA) is 13.1 Å². The fraction of sp³-hybridized carbons (Fsp3) is 0.0213. The Morgan fingerprint density at radius 3 is 1.62 bits per heavy atom. The third-order valence-electron chi connectivity index (χ3n) is 7.89. The molecule has 10 aromatic rings. The number of hydrogen-bond donors (Lipinski definition) is 0. The average Bonchev–Trinajstić information content (AvgIpc) is 3.85. The summed E-state index contributed by atoms with van der Waals surface area (Å²) >= 11 is 0.